The molecule has 3 rings (SSSR count). The van der Waals surface area contributed by atoms with E-state index in [9.17, 15) is 10.1 Å². The SMILES string of the molecule is CCCCC1CCC(C(=O)Oc2cccc(/C=C(/C#N)c3ccc(OC)cc3)c2)CC1. The first-order chi connectivity index (χ1) is 15.1. The summed E-state index contributed by atoms with van der Waals surface area (Å²) in [5, 5.41) is 9.59. The molecule has 0 radical (unpaired) electrons. The molecule has 31 heavy (non-hydrogen) atoms. The highest BCUT2D eigenvalue weighted by Crippen LogP contribution is 2.33. The first kappa shape index (κ1) is 22.6. The summed E-state index contributed by atoms with van der Waals surface area (Å²) < 4.78 is 10.9. The van der Waals surface area contributed by atoms with Crippen molar-refractivity contribution in [2.45, 2.75) is 51.9 Å². The highest BCUT2D eigenvalue weighted by atomic mass is 16.5. The molecule has 1 aliphatic rings. The Labute approximate surface area is 185 Å². The molecule has 0 aromatic heterocycles. The molecule has 4 heteroatoms. The van der Waals surface area contributed by atoms with Crippen molar-refractivity contribution in [2.75, 3.05) is 7.11 Å². The zero-order valence-corrected chi connectivity index (χ0v) is 18.5. The maximum absolute atomic E-state index is 12.7. The zero-order chi connectivity index (χ0) is 22.1. The first-order valence-corrected chi connectivity index (χ1v) is 11.2. The smallest absolute Gasteiger partial charge is 0.314 e. The van der Waals surface area contributed by atoms with E-state index in [2.05, 4.69) is 13.0 Å². The minimum Gasteiger partial charge on any atom is -0.497 e. The number of esters is 1. The van der Waals surface area contributed by atoms with Gasteiger partial charge in [-0.2, -0.15) is 5.26 Å². The number of allylic oxidation sites excluding steroid dienone is 1. The van der Waals surface area contributed by atoms with Gasteiger partial charge in [0, 0.05) is 0 Å². The number of nitrogens with zero attached hydrogens (tertiary/aromatic N) is 1. The molecule has 2 aromatic carbocycles. The van der Waals surface area contributed by atoms with Gasteiger partial charge in [-0.25, -0.2) is 0 Å². The Balaban J connectivity index is 1.63. The number of benzene rings is 2. The fourth-order valence-electron chi connectivity index (χ4n) is 4.16. The second kappa shape index (κ2) is 11.4. The lowest BCUT2D eigenvalue weighted by atomic mass is 9.80. The Hall–Kier alpha value is -3.06. The van der Waals surface area contributed by atoms with E-state index in [1.54, 1.807) is 19.3 Å². The van der Waals surface area contributed by atoms with Gasteiger partial charge in [0.05, 0.1) is 24.7 Å². The van der Waals surface area contributed by atoms with Gasteiger partial charge in [-0.15, -0.1) is 0 Å². The van der Waals surface area contributed by atoms with Crippen LogP contribution in [-0.2, 0) is 4.79 Å². The van der Waals surface area contributed by atoms with Crippen LogP contribution in [0.5, 0.6) is 11.5 Å². The van der Waals surface area contributed by atoms with Crippen LogP contribution in [0.3, 0.4) is 0 Å². The van der Waals surface area contributed by atoms with E-state index in [1.807, 2.05) is 42.5 Å². The molecule has 0 amide bonds. The molecule has 0 bridgehead atoms. The van der Waals surface area contributed by atoms with E-state index in [1.165, 1.54) is 19.3 Å². The van der Waals surface area contributed by atoms with Crippen LogP contribution in [0.4, 0.5) is 0 Å². The molecule has 0 spiro atoms. The molecule has 2 aromatic rings. The van der Waals surface area contributed by atoms with Crippen molar-refractivity contribution in [2.24, 2.45) is 11.8 Å². The van der Waals surface area contributed by atoms with Gasteiger partial charge < -0.3 is 9.47 Å². The molecule has 1 aliphatic carbocycles. The Morgan fingerprint density at radius 3 is 2.48 bits per heavy atom. The second-order valence-electron chi connectivity index (χ2n) is 8.25. The van der Waals surface area contributed by atoms with Gasteiger partial charge in [0.15, 0.2) is 0 Å². The van der Waals surface area contributed by atoms with Gasteiger partial charge in [0.25, 0.3) is 0 Å². The van der Waals surface area contributed by atoms with E-state index in [0.717, 1.165) is 48.5 Å². The third-order valence-corrected chi connectivity index (χ3v) is 6.06. The predicted octanol–water partition coefficient (Wildman–Crippen LogP) is 6.66. The zero-order valence-electron chi connectivity index (χ0n) is 18.5. The average Bonchev–Trinajstić information content (AvgIpc) is 2.82. The molecule has 0 saturated heterocycles. The lowest BCUT2D eigenvalue weighted by molar-refractivity contribution is -0.140. The van der Waals surface area contributed by atoms with Crippen molar-refractivity contribution in [3.63, 3.8) is 0 Å². The Kier molecular flexibility index (Phi) is 8.29. The number of rotatable bonds is 8. The Morgan fingerprint density at radius 1 is 1.10 bits per heavy atom. The van der Waals surface area contributed by atoms with Crippen molar-refractivity contribution in [1.29, 1.82) is 5.26 Å². The third-order valence-electron chi connectivity index (χ3n) is 6.06. The Morgan fingerprint density at radius 2 is 1.84 bits per heavy atom. The number of unbranched alkanes of at least 4 members (excludes halogenated alkanes) is 1. The molecular weight excluding hydrogens is 386 g/mol. The summed E-state index contributed by atoms with van der Waals surface area (Å²) in [5.74, 6) is 1.89. The summed E-state index contributed by atoms with van der Waals surface area (Å²) in [4.78, 5) is 12.7. The maximum atomic E-state index is 12.7. The van der Waals surface area contributed by atoms with E-state index in [0.29, 0.717) is 11.3 Å². The van der Waals surface area contributed by atoms with Crippen LogP contribution in [-0.4, -0.2) is 13.1 Å². The number of hydrogen-bond donors (Lipinski definition) is 0. The van der Waals surface area contributed by atoms with Crippen molar-refractivity contribution in [3.05, 3.63) is 59.7 Å². The molecule has 0 atom stereocenters. The molecule has 0 heterocycles. The maximum Gasteiger partial charge on any atom is 0.314 e. The number of nitriles is 1. The molecule has 162 valence electrons. The van der Waals surface area contributed by atoms with Crippen LogP contribution in [0.1, 0.15) is 63.0 Å². The first-order valence-electron chi connectivity index (χ1n) is 11.2. The van der Waals surface area contributed by atoms with E-state index in [-0.39, 0.29) is 11.9 Å². The summed E-state index contributed by atoms with van der Waals surface area (Å²) in [7, 11) is 1.61. The summed E-state index contributed by atoms with van der Waals surface area (Å²) >= 11 is 0. The van der Waals surface area contributed by atoms with Crippen LogP contribution in [0.2, 0.25) is 0 Å². The quantitative estimate of drug-likeness (QED) is 0.208. The summed E-state index contributed by atoms with van der Waals surface area (Å²) in [6, 6.07) is 17.0. The van der Waals surface area contributed by atoms with Gasteiger partial charge in [0.2, 0.25) is 0 Å². The molecule has 0 aliphatic heterocycles. The number of ether oxygens (including phenoxy) is 2. The van der Waals surface area contributed by atoms with Gasteiger partial charge >= 0.3 is 5.97 Å². The highest BCUT2D eigenvalue weighted by Gasteiger charge is 2.27. The fourth-order valence-corrected chi connectivity index (χ4v) is 4.16. The molecule has 0 unspecified atom stereocenters. The minimum atomic E-state index is -0.134. The van der Waals surface area contributed by atoms with Crippen LogP contribution in [0, 0.1) is 23.2 Å². The number of hydrogen-bond acceptors (Lipinski definition) is 4. The largest absolute Gasteiger partial charge is 0.497 e. The van der Waals surface area contributed by atoms with E-state index in [4.69, 9.17) is 9.47 Å². The van der Waals surface area contributed by atoms with E-state index >= 15 is 0 Å². The molecule has 4 nitrogen and oxygen atoms in total. The second-order valence-corrected chi connectivity index (χ2v) is 8.25. The van der Waals surface area contributed by atoms with Crippen LogP contribution >= 0.6 is 0 Å². The predicted molar refractivity (Wildman–Crippen MR) is 124 cm³/mol. The standard InChI is InChI=1S/C27H31NO3/c1-3-4-6-20-9-11-23(12-10-20)27(29)31-26-8-5-7-21(18-26)17-24(19-28)22-13-15-25(30-2)16-14-22/h5,7-8,13-18,20,23H,3-4,6,9-12H2,1-2H3/b24-17-. The lowest BCUT2D eigenvalue weighted by Crippen LogP contribution is -2.25. The van der Waals surface area contributed by atoms with Crippen molar-refractivity contribution >= 4 is 17.6 Å². The van der Waals surface area contributed by atoms with Crippen LogP contribution in [0.15, 0.2) is 48.5 Å². The summed E-state index contributed by atoms with van der Waals surface area (Å²) in [5.41, 5.74) is 2.17. The van der Waals surface area contributed by atoms with Gasteiger partial charge in [-0.3, -0.25) is 4.79 Å². The average molecular weight is 418 g/mol. The van der Waals surface area contributed by atoms with Gasteiger partial charge in [0.1, 0.15) is 11.5 Å². The van der Waals surface area contributed by atoms with Crippen LogP contribution < -0.4 is 9.47 Å². The monoisotopic (exact) mass is 417 g/mol. The number of carbonyl (C=O) groups is 1. The molecular formula is C27H31NO3. The molecule has 0 N–H and O–H groups in total. The molecule has 1 fully saturated rings. The lowest BCUT2D eigenvalue weighted by Gasteiger charge is -2.27. The highest BCUT2D eigenvalue weighted by molar-refractivity contribution is 5.90. The number of methoxy groups -OCH3 is 1. The third kappa shape index (κ3) is 6.46. The summed E-state index contributed by atoms with van der Waals surface area (Å²) in [6.07, 6.45) is 9.68. The van der Waals surface area contributed by atoms with E-state index < -0.39 is 0 Å². The minimum absolute atomic E-state index is 0.00829. The van der Waals surface area contributed by atoms with Crippen molar-refractivity contribution in [1.82, 2.24) is 0 Å². The van der Waals surface area contributed by atoms with Crippen molar-refractivity contribution in [3.8, 4) is 17.6 Å². The summed E-state index contributed by atoms with van der Waals surface area (Å²) in [6.45, 7) is 2.23. The normalized spacial score (nSPS) is 18.8. The van der Waals surface area contributed by atoms with Gasteiger partial charge in [-0.05, 0) is 85.2 Å². The van der Waals surface area contributed by atoms with Crippen molar-refractivity contribution < 1.29 is 14.3 Å². The molecule has 1 saturated carbocycles. The van der Waals surface area contributed by atoms with Crippen LogP contribution in [0.25, 0.3) is 11.6 Å². The topological polar surface area (TPSA) is 59.3 Å². The number of carbonyl (C=O) groups excluding carboxylic acids is 1. The Bertz CT molecular complexity index is 932. The fraction of sp³-hybridized carbons (Fsp3) is 0.407. The van der Waals surface area contributed by atoms with Gasteiger partial charge in [-0.1, -0.05) is 38.3 Å².